The SMILES string of the molecule is C=C(C)C[C@@H](/C=C/C(C[C@H]1[C@@H](OC(=O)c2ccccc2)C[C@@H]1C(=O)CC(=O)OCC)OC(C)=O)OCc1ccc(OC)cc1. The molecule has 0 radical (unpaired) electrons. The van der Waals surface area contributed by atoms with Gasteiger partial charge in [-0.3, -0.25) is 14.4 Å². The number of hydrogen-bond donors (Lipinski definition) is 0. The molecule has 1 fully saturated rings. The molecular formula is C35H42O9. The number of benzene rings is 2. The third-order valence-electron chi connectivity index (χ3n) is 7.32. The average molecular weight is 607 g/mol. The zero-order chi connectivity index (χ0) is 32.1. The van der Waals surface area contributed by atoms with Gasteiger partial charge >= 0.3 is 17.9 Å². The van der Waals surface area contributed by atoms with Crippen molar-refractivity contribution in [1.82, 2.24) is 0 Å². The molecule has 9 heteroatoms. The van der Waals surface area contributed by atoms with E-state index in [1.54, 1.807) is 50.4 Å². The van der Waals surface area contributed by atoms with Gasteiger partial charge in [0.05, 0.1) is 32.0 Å². The summed E-state index contributed by atoms with van der Waals surface area (Å²) in [7, 11) is 1.61. The van der Waals surface area contributed by atoms with Crippen molar-refractivity contribution in [3.05, 3.63) is 90.0 Å². The van der Waals surface area contributed by atoms with Crippen molar-refractivity contribution in [3.63, 3.8) is 0 Å². The number of rotatable bonds is 17. The summed E-state index contributed by atoms with van der Waals surface area (Å²) in [6, 6.07) is 16.1. The van der Waals surface area contributed by atoms with Crippen LogP contribution in [0.15, 0.2) is 78.9 Å². The first kappa shape index (κ1) is 34.3. The van der Waals surface area contributed by atoms with Gasteiger partial charge in [-0.2, -0.15) is 0 Å². The summed E-state index contributed by atoms with van der Waals surface area (Å²) >= 11 is 0. The van der Waals surface area contributed by atoms with Crippen molar-refractivity contribution in [2.75, 3.05) is 13.7 Å². The van der Waals surface area contributed by atoms with E-state index in [2.05, 4.69) is 6.58 Å². The van der Waals surface area contributed by atoms with Crippen LogP contribution in [0.5, 0.6) is 5.75 Å². The van der Waals surface area contributed by atoms with Gasteiger partial charge < -0.3 is 23.7 Å². The van der Waals surface area contributed by atoms with Gasteiger partial charge in [-0.15, -0.1) is 6.58 Å². The van der Waals surface area contributed by atoms with Crippen LogP contribution in [0, 0.1) is 11.8 Å². The second-order valence-corrected chi connectivity index (χ2v) is 10.9. The minimum absolute atomic E-state index is 0.169. The second-order valence-electron chi connectivity index (χ2n) is 10.9. The van der Waals surface area contributed by atoms with Crippen LogP contribution in [0.3, 0.4) is 0 Å². The fraction of sp³-hybridized carbons (Fsp3) is 0.429. The Morgan fingerprint density at radius 2 is 1.66 bits per heavy atom. The van der Waals surface area contributed by atoms with E-state index in [1.165, 1.54) is 6.92 Å². The van der Waals surface area contributed by atoms with Crippen LogP contribution in [0.25, 0.3) is 0 Å². The minimum atomic E-state index is -0.731. The molecule has 0 aromatic heterocycles. The highest BCUT2D eigenvalue weighted by Gasteiger charge is 2.48. The Morgan fingerprint density at radius 3 is 2.27 bits per heavy atom. The summed E-state index contributed by atoms with van der Waals surface area (Å²) in [5.41, 5.74) is 2.26. The van der Waals surface area contributed by atoms with Gasteiger partial charge in [-0.05, 0) is 69.0 Å². The molecule has 2 aromatic carbocycles. The maximum absolute atomic E-state index is 13.1. The van der Waals surface area contributed by atoms with Crippen LogP contribution < -0.4 is 4.74 Å². The van der Waals surface area contributed by atoms with E-state index in [9.17, 15) is 19.2 Å². The van der Waals surface area contributed by atoms with Crippen molar-refractivity contribution >= 4 is 23.7 Å². The second kappa shape index (κ2) is 17.2. The van der Waals surface area contributed by atoms with E-state index in [0.717, 1.165) is 16.9 Å². The average Bonchev–Trinajstić information content (AvgIpc) is 2.98. The molecule has 1 unspecified atom stereocenters. The molecule has 0 N–H and O–H groups in total. The Hall–Kier alpha value is -4.24. The molecule has 0 heterocycles. The van der Waals surface area contributed by atoms with Crippen molar-refractivity contribution in [2.24, 2.45) is 11.8 Å². The van der Waals surface area contributed by atoms with Crippen LogP contribution in [0.4, 0.5) is 0 Å². The fourth-order valence-electron chi connectivity index (χ4n) is 5.10. The van der Waals surface area contributed by atoms with E-state index in [0.29, 0.717) is 18.6 Å². The number of hydrogen-bond acceptors (Lipinski definition) is 9. The predicted octanol–water partition coefficient (Wildman–Crippen LogP) is 5.81. The van der Waals surface area contributed by atoms with E-state index in [1.807, 2.05) is 37.3 Å². The number of carbonyl (C=O) groups is 4. The summed E-state index contributed by atoms with van der Waals surface area (Å²) in [5, 5.41) is 0. The van der Waals surface area contributed by atoms with E-state index >= 15 is 0 Å². The third kappa shape index (κ3) is 10.8. The normalized spacial score (nSPS) is 18.9. The molecule has 1 aliphatic rings. The smallest absolute Gasteiger partial charge is 0.338 e. The topological polar surface area (TPSA) is 114 Å². The Balaban J connectivity index is 1.77. The molecule has 236 valence electrons. The Kier molecular flexibility index (Phi) is 13.4. The molecule has 44 heavy (non-hydrogen) atoms. The molecule has 3 rings (SSSR count). The number of Topliss-reactive ketones (excluding diaryl/α,β-unsaturated/α-hetero) is 1. The molecule has 5 atom stereocenters. The van der Waals surface area contributed by atoms with Crippen molar-refractivity contribution in [3.8, 4) is 5.75 Å². The van der Waals surface area contributed by atoms with Gasteiger partial charge in [0.25, 0.3) is 0 Å². The van der Waals surface area contributed by atoms with Crippen molar-refractivity contribution in [2.45, 2.75) is 71.4 Å². The molecule has 0 aliphatic heterocycles. The number of carbonyl (C=O) groups excluding carboxylic acids is 4. The van der Waals surface area contributed by atoms with Gasteiger partial charge in [0.1, 0.15) is 30.2 Å². The summed E-state index contributed by atoms with van der Waals surface area (Å²) < 4.78 is 27.7. The van der Waals surface area contributed by atoms with E-state index < -0.39 is 42.0 Å². The van der Waals surface area contributed by atoms with Crippen LogP contribution in [0.1, 0.15) is 62.4 Å². The molecule has 0 saturated heterocycles. The summed E-state index contributed by atoms with van der Waals surface area (Å²) in [5.74, 6) is -2.19. The molecule has 0 amide bonds. The maximum Gasteiger partial charge on any atom is 0.338 e. The minimum Gasteiger partial charge on any atom is -0.497 e. The summed E-state index contributed by atoms with van der Waals surface area (Å²) in [6.07, 6.45) is 2.52. The van der Waals surface area contributed by atoms with Gasteiger partial charge in [0.2, 0.25) is 0 Å². The van der Waals surface area contributed by atoms with Gasteiger partial charge in [-0.1, -0.05) is 42.0 Å². The van der Waals surface area contributed by atoms with E-state index in [4.69, 9.17) is 23.7 Å². The maximum atomic E-state index is 13.1. The van der Waals surface area contributed by atoms with Crippen LogP contribution >= 0.6 is 0 Å². The number of methoxy groups -OCH3 is 1. The highest BCUT2D eigenvalue weighted by Crippen LogP contribution is 2.42. The third-order valence-corrected chi connectivity index (χ3v) is 7.32. The zero-order valence-electron chi connectivity index (χ0n) is 25.9. The van der Waals surface area contributed by atoms with Gasteiger partial charge in [0, 0.05) is 18.8 Å². The first-order chi connectivity index (χ1) is 21.1. The zero-order valence-corrected chi connectivity index (χ0v) is 25.9. The first-order valence-corrected chi connectivity index (χ1v) is 14.8. The van der Waals surface area contributed by atoms with Gasteiger partial charge in [-0.25, -0.2) is 4.79 Å². The molecular weight excluding hydrogens is 564 g/mol. The van der Waals surface area contributed by atoms with Crippen molar-refractivity contribution < 1.29 is 42.9 Å². The Morgan fingerprint density at radius 1 is 0.977 bits per heavy atom. The summed E-state index contributed by atoms with van der Waals surface area (Å²) in [4.78, 5) is 50.0. The molecule has 0 spiro atoms. The Bertz CT molecular complexity index is 1300. The molecule has 1 saturated carbocycles. The quantitative estimate of drug-likeness (QED) is 0.0953. The number of ether oxygens (including phenoxy) is 5. The van der Waals surface area contributed by atoms with Crippen LogP contribution in [-0.4, -0.2) is 55.7 Å². The standard InChI is InChI=1S/C35H42O9/c1-6-41-34(38)21-32(37)30-20-33(44-35(39)26-10-8-7-9-11-26)31(30)19-29(43-24(4)36)17-16-28(18-23(2)3)42-22-25-12-14-27(40-5)15-13-25/h7-17,28-31,33H,2,6,18-22H2,1,3-5H3/b17-16+/t28-,29?,30+,31-,33+/m1/s1. The lowest BCUT2D eigenvalue weighted by molar-refractivity contribution is -0.153. The molecule has 0 bridgehead atoms. The van der Waals surface area contributed by atoms with Crippen LogP contribution in [0.2, 0.25) is 0 Å². The first-order valence-electron chi connectivity index (χ1n) is 14.8. The molecule has 1 aliphatic carbocycles. The number of ketones is 1. The van der Waals surface area contributed by atoms with E-state index in [-0.39, 0.29) is 37.8 Å². The Labute approximate surface area is 259 Å². The summed E-state index contributed by atoms with van der Waals surface area (Å²) in [6.45, 7) is 9.40. The number of esters is 3. The lowest BCUT2D eigenvalue weighted by atomic mass is 9.66. The molecule has 9 nitrogen and oxygen atoms in total. The molecule has 2 aromatic rings. The lowest BCUT2D eigenvalue weighted by Gasteiger charge is -2.43. The van der Waals surface area contributed by atoms with Gasteiger partial charge in [0.15, 0.2) is 0 Å². The largest absolute Gasteiger partial charge is 0.497 e. The lowest BCUT2D eigenvalue weighted by Crippen LogP contribution is -2.49. The van der Waals surface area contributed by atoms with Crippen LogP contribution in [-0.2, 0) is 39.9 Å². The predicted molar refractivity (Wildman–Crippen MR) is 164 cm³/mol. The highest BCUT2D eigenvalue weighted by molar-refractivity contribution is 5.97. The monoisotopic (exact) mass is 606 g/mol. The fourth-order valence-corrected chi connectivity index (χ4v) is 5.10. The highest BCUT2D eigenvalue weighted by atomic mass is 16.6. The van der Waals surface area contributed by atoms with Crippen molar-refractivity contribution in [1.29, 1.82) is 0 Å².